The molecule has 0 saturated carbocycles. The maximum Gasteiger partial charge on any atom is 0.234 e. The van der Waals surface area contributed by atoms with Crippen LogP contribution >= 0.6 is 43.2 Å². The van der Waals surface area contributed by atoms with Crippen molar-refractivity contribution in [3.8, 4) is 0 Å². The number of amides is 1. The quantitative estimate of drug-likeness (QED) is 0.796. The number of halogens is 2. The highest BCUT2D eigenvalue weighted by molar-refractivity contribution is 9.12. The zero-order chi connectivity index (χ0) is 13.3. The van der Waals surface area contributed by atoms with Crippen molar-refractivity contribution in [2.24, 2.45) is 5.73 Å². The van der Waals surface area contributed by atoms with Crippen molar-refractivity contribution in [1.82, 2.24) is 4.90 Å². The van der Waals surface area contributed by atoms with Crippen LogP contribution < -0.4 is 5.73 Å². The molecule has 1 saturated heterocycles. The van der Waals surface area contributed by atoms with Crippen molar-refractivity contribution in [3.63, 3.8) is 0 Å². The van der Waals surface area contributed by atoms with Gasteiger partial charge in [0.2, 0.25) is 5.91 Å². The second-order valence-electron chi connectivity index (χ2n) is 4.19. The van der Waals surface area contributed by atoms with Crippen molar-refractivity contribution >= 4 is 54.9 Å². The summed E-state index contributed by atoms with van der Waals surface area (Å²) >= 11 is 8.18. The zero-order valence-electron chi connectivity index (χ0n) is 9.49. The summed E-state index contributed by atoms with van der Waals surface area (Å²) in [7, 11) is 0. The Morgan fingerprint density at radius 3 is 2.78 bits per heavy atom. The second kappa shape index (κ2) is 5.81. The Morgan fingerprint density at radius 1 is 1.50 bits per heavy atom. The lowest BCUT2D eigenvalue weighted by molar-refractivity contribution is -0.122. The Bertz CT molecular complexity index is 489. The summed E-state index contributed by atoms with van der Waals surface area (Å²) in [6.07, 6.45) is 1.66. The van der Waals surface area contributed by atoms with Crippen LogP contribution in [0.2, 0.25) is 0 Å². The van der Waals surface area contributed by atoms with Crippen LogP contribution in [0.4, 0.5) is 0 Å². The first-order valence-corrected chi connectivity index (χ1v) is 7.90. The van der Waals surface area contributed by atoms with Crippen molar-refractivity contribution in [2.45, 2.75) is 18.9 Å². The summed E-state index contributed by atoms with van der Waals surface area (Å²) in [6, 6.07) is 1.50. The molecule has 0 aromatic carbocycles. The fourth-order valence-corrected chi connectivity index (χ4v) is 4.99. The third kappa shape index (κ3) is 3.01. The Morgan fingerprint density at radius 2 is 2.22 bits per heavy atom. The van der Waals surface area contributed by atoms with Gasteiger partial charge in [0.25, 0.3) is 0 Å². The summed E-state index contributed by atoms with van der Waals surface area (Å²) in [5, 5.41) is 0. The number of carbonyl (C=O) groups is 2. The third-order valence-electron chi connectivity index (χ3n) is 3.00. The summed E-state index contributed by atoms with van der Waals surface area (Å²) in [4.78, 5) is 25.3. The lowest BCUT2D eigenvalue weighted by atomic mass is 10.2. The van der Waals surface area contributed by atoms with E-state index in [4.69, 9.17) is 5.73 Å². The zero-order valence-corrected chi connectivity index (χ0v) is 13.5. The van der Waals surface area contributed by atoms with Crippen LogP contribution in [-0.2, 0) is 4.79 Å². The van der Waals surface area contributed by atoms with Gasteiger partial charge in [-0.1, -0.05) is 0 Å². The average Bonchev–Trinajstić information content (AvgIpc) is 2.85. The maximum atomic E-state index is 12.2. The number of rotatable bonds is 4. The molecule has 4 nitrogen and oxygen atoms in total. The molecular weight excluding hydrogens is 384 g/mol. The predicted molar refractivity (Wildman–Crippen MR) is 77.8 cm³/mol. The summed E-state index contributed by atoms with van der Waals surface area (Å²) in [6.45, 7) is 0.998. The molecule has 0 spiro atoms. The van der Waals surface area contributed by atoms with E-state index < -0.39 is 0 Å². The molecule has 1 atom stereocenters. The van der Waals surface area contributed by atoms with Gasteiger partial charge in [-0.3, -0.25) is 14.5 Å². The number of likely N-dealkylation sites (tertiary alicyclic amines) is 1. The van der Waals surface area contributed by atoms with E-state index in [0.717, 1.165) is 27.0 Å². The molecule has 98 valence electrons. The van der Waals surface area contributed by atoms with Crippen molar-refractivity contribution in [2.75, 3.05) is 13.1 Å². The number of Topliss-reactive ketones (excluding diaryl/α,β-unsaturated/α-hetero) is 1. The minimum Gasteiger partial charge on any atom is -0.368 e. The molecule has 1 aromatic heterocycles. The largest absolute Gasteiger partial charge is 0.368 e. The monoisotopic (exact) mass is 394 g/mol. The fraction of sp³-hybridized carbons (Fsp3) is 0.455. The predicted octanol–water partition coefficient (Wildman–Crippen LogP) is 2.41. The van der Waals surface area contributed by atoms with E-state index in [-0.39, 0.29) is 24.3 Å². The molecule has 1 aromatic rings. The molecule has 1 aliphatic heterocycles. The van der Waals surface area contributed by atoms with E-state index in [2.05, 4.69) is 31.9 Å². The van der Waals surface area contributed by atoms with Gasteiger partial charge in [0.05, 0.1) is 20.2 Å². The first-order valence-electron chi connectivity index (χ1n) is 5.50. The van der Waals surface area contributed by atoms with Crippen LogP contribution in [0.1, 0.15) is 23.2 Å². The average molecular weight is 396 g/mol. The van der Waals surface area contributed by atoms with Crippen LogP contribution in [0.5, 0.6) is 0 Å². The van der Waals surface area contributed by atoms with E-state index >= 15 is 0 Å². The van der Waals surface area contributed by atoms with Crippen molar-refractivity contribution < 1.29 is 9.59 Å². The number of hydrogen-bond acceptors (Lipinski definition) is 4. The highest BCUT2D eigenvalue weighted by Crippen LogP contribution is 2.32. The molecule has 0 radical (unpaired) electrons. The van der Waals surface area contributed by atoms with E-state index in [9.17, 15) is 9.59 Å². The first kappa shape index (κ1) is 14.2. The minimum absolute atomic E-state index is 0.0111. The molecule has 2 N–H and O–H groups in total. The highest BCUT2D eigenvalue weighted by atomic mass is 79.9. The number of nitrogens with zero attached hydrogens (tertiary/aromatic N) is 1. The van der Waals surface area contributed by atoms with Crippen LogP contribution in [0.3, 0.4) is 0 Å². The molecule has 0 aliphatic carbocycles. The molecule has 2 rings (SSSR count). The smallest absolute Gasteiger partial charge is 0.234 e. The lowest BCUT2D eigenvalue weighted by Crippen LogP contribution is -2.42. The van der Waals surface area contributed by atoms with Crippen LogP contribution in [-0.4, -0.2) is 35.7 Å². The van der Waals surface area contributed by atoms with Gasteiger partial charge in [0.15, 0.2) is 5.78 Å². The van der Waals surface area contributed by atoms with Gasteiger partial charge in [0.1, 0.15) is 0 Å². The minimum atomic E-state index is -0.342. The van der Waals surface area contributed by atoms with Gasteiger partial charge in [-0.15, -0.1) is 11.3 Å². The molecule has 1 amide bonds. The Hall–Kier alpha value is -0.240. The molecular formula is C11H12Br2N2O2S. The Labute approximate surface area is 126 Å². The first-order chi connectivity index (χ1) is 8.49. The Balaban J connectivity index is 2.07. The molecule has 1 aliphatic rings. The van der Waals surface area contributed by atoms with Gasteiger partial charge in [-0.2, -0.15) is 0 Å². The van der Waals surface area contributed by atoms with Crippen molar-refractivity contribution in [3.05, 3.63) is 19.2 Å². The van der Waals surface area contributed by atoms with Gasteiger partial charge in [-0.25, -0.2) is 0 Å². The molecule has 7 heteroatoms. The topological polar surface area (TPSA) is 63.4 Å². The summed E-state index contributed by atoms with van der Waals surface area (Å²) in [5.74, 6) is -0.331. The van der Waals surface area contributed by atoms with Gasteiger partial charge >= 0.3 is 0 Å². The fourth-order valence-electron chi connectivity index (χ4n) is 2.14. The number of primary amides is 1. The number of nitrogens with two attached hydrogens (primary N) is 1. The highest BCUT2D eigenvalue weighted by Gasteiger charge is 2.31. The summed E-state index contributed by atoms with van der Waals surface area (Å²) in [5.41, 5.74) is 5.98. The van der Waals surface area contributed by atoms with E-state index in [0.29, 0.717) is 5.56 Å². The van der Waals surface area contributed by atoms with Crippen molar-refractivity contribution in [1.29, 1.82) is 0 Å². The summed E-state index contributed by atoms with van der Waals surface area (Å²) < 4.78 is 1.72. The Kier molecular flexibility index (Phi) is 4.58. The lowest BCUT2D eigenvalue weighted by Gasteiger charge is -2.20. The SMILES string of the molecule is NC(=O)C1CCCN1CC(=O)c1cc(Br)sc1Br. The van der Waals surface area contributed by atoms with E-state index in [1.165, 1.54) is 11.3 Å². The molecule has 2 heterocycles. The molecule has 18 heavy (non-hydrogen) atoms. The van der Waals surface area contributed by atoms with Gasteiger partial charge in [-0.05, 0) is 57.3 Å². The van der Waals surface area contributed by atoms with Crippen LogP contribution in [0.15, 0.2) is 13.6 Å². The van der Waals surface area contributed by atoms with Gasteiger partial charge < -0.3 is 5.73 Å². The third-order valence-corrected chi connectivity index (χ3v) is 5.34. The van der Waals surface area contributed by atoms with E-state index in [1.54, 1.807) is 6.07 Å². The maximum absolute atomic E-state index is 12.2. The van der Waals surface area contributed by atoms with Crippen LogP contribution in [0.25, 0.3) is 0 Å². The van der Waals surface area contributed by atoms with E-state index in [1.807, 2.05) is 4.90 Å². The number of hydrogen-bond donors (Lipinski definition) is 1. The number of thiophene rings is 1. The standard InChI is InChI=1S/C11H12Br2N2O2S/c12-9-4-6(10(13)18-9)8(16)5-15-3-1-2-7(15)11(14)17/h4,7H,1-3,5H2,(H2,14,17). The number of carbonyl (C=O) groups excluding carboxylic acids is 2. The van der Waals surface area contributed by atoms with Crippen LogP contribution in [0, 0.1) is 0 Å². The normalized spacial score (nSPS) is 20.2. The second-order valence-corrected chi connectivity index (χ2v) is 7.94. The molecule has 1 unspecified atom stereocenters. The van der Waals surface area contributed by atoms with Gasteiger partial charge in [0, 0.05) is 5.56 Å². The molecule has 0 bridgehead atoms. The molecule has 1 fully saturated rings. The number of ketones is 1.